The van der Waals surface area contributed by atoms with Gasteiger partial charge in [0.25, 0.3) is 0 Å². The zero-order chi connectivity index (χ0) is 13.4. The lowest BCUT2D eigenvalue weighted by Gasteiger charge is -2.18. The summed E-state index contributed by atoms with van der Waals surface area (Å²) in [6.45, 7) is 9.48. The summed E-state index contributed by atoms with van der Waals surface area (Å²) in [4.78, 5) is 13.2. The molecule has 4 nitrogen and oxygen atoms in total. The summed E-state index contributed by atoms with van der Waals surface area (Å²) < 4.78 is 5.65. The van der Waals surface area contributed by atoms with Crippen LogP contribution in [0.1, 0.15) is 20.8 Å². The van der Waals surface area contributed by atoms with Crippen LogP contribution < -0.4 is 10.1 Å². The van der Waals surface area contributed by atoms with Crippen molar-refractivity contribution in [2.24, 2.45) is 0 Å². The third-order valence-electron chi connectivity index (χ3n) is 2.75. The molecule has 0 heterocycles. The first-order valence-electron chi connectivity index (χ1n) is 6.38. The van der Waals surface area contributed by atoms with Gasteiger partial charge in [0.1, 0.15) is 12.4 Å². The van der Waals surface area contributed by atoms with Crippen molar-refractivity contribution in [3.8, 4) is 5.75 Å². The molecule has 1 aromatic carbocycles. The van der Waals surface area contributed by atoms with E-state index in [-0.39, 0.29) is 5.91 Å². The summed E-state index contributed by atoms with van der Waals surface area (Å²) in [5, 5.41) is 2.72. The second-order valence-electron chi connectivity index (χ2n) is 4.08. The minimum absolute atomic E-state index is 0.0646. The van der Waals surface area contributed by atoms with Gasteiger partial charge in [-0.05, 0) is 37.4 Å². The second-order valence-corrected chi connectivity index (χ2v) is 4.08. The lowest BCUT2D eigenvalue weighted by molar-refractivity contribution is -0.114. The van der Waals surface area contributed by atoms with Crippen molar-refractivity contribution in [3.05, 3.63) is 24.3 Å². The number of anilines is 1. The van der Waals surface area contributed by atoms with Gasteiger partial charge in [-0.1, -0.05) is 13.8 Å². The molecule has 1 rings (SSSR count). The van der Waals surface area contributed by atoms with E-state index in [1.165, 1.54) is 6.92 Å². The Bertz CT molecular complexity index is 359. The van der Waals surface area contributed by atoms with Crippen molar-refractivity contribution < 1.29 is 9.53 Å². The van der Waals surface area contributed by atoms with Crippen molar-refractivity contribution in [1.82, 2.24) is 4.90 Å². The maximum atomic E-state index is 10.9. The van der Waals surface area contributed by atoms with Crippen LogP contribution in [-0.2, 0) is 4.79 Å². The van der Waals surface area contributed by atoms with Crippen LogP contribution in [0.4, 0.5) is 5.69 Å². The fourth-order valence-electron chi connectivity index (χ4n) is 1.67. The maximum Gasteiger partial charge on any atom is 0.221 e. The monoisotopic (exact) mass is 250 g/mol. The van der Waals surface area contributed by atoms with E-state index in [1.807, 2.05) is 24.3 Å². The van der Waals surface area contributed by atoms with Crippen LogP contribution in [0.15, 0.2) is 24.3 Å². The summed E-state index contributed by atoms with van der Waals surface area (Å²) >= 11 is 0. The predicted octanol–water partition coefficient (Wildman–Crippen LogP) is 2.37. The van der Waals surface area contributed by atoms with Crippen molar-refractivity contribution in [1.29, 1.82) is 0 Å². The molecule has 0 aliphatic carbocycles. The molecule has 100 valence electrons. The van der Waals surface area contributed by atoms with Gasteiger partial charge in [0.2, 0.25) is 5.91 Å². The molecular formula is C14H22N2O2. The van der Waals surface area contributed by atoms with Gasteiger partial charge in [-0.15, -0.1) is 0 Å². The van der Waals surface area contributed by atoms with Crippen molar-refractivity contribution in [3.63, 3.8) is 0 Å². The average molecular weight is 250 g/mol. The molecule has 0 radical (unpaired) electrons. The van der Waals surface area contributed by atoms with Crippen molar-refractivity contribution in [2.75, 3.05) is 31.6 Å². The fraction of sp³-hybridized carbons (Fsp3) is 0.500. The number of hydrogen-bond acceptors (Lipinski definition) is 3. The Morgan fingerprint density at radius 2 is 1.83 bits per heavy atom. The van der Waals surface area contributed by atoms with Crippen LogP contribution in [0.3, 0.4) is 0 Å². The minimum Gasteiger partial charge on any atom is -0.492 e. The summed E-state index contributed by atoms with van der Waals surface area (Å²) in [5.74, 6) is 0.765. The largest absolute Gasteiger partial charge is 0.492 e. The normalized spacial score (nSPS) is 10.4. The molecule has 0 fully saturated rings. The molecule has 0 aliphatic rings. The van der Waals surface area contributed by atoms with Crippen LogP contribution in [-0.4, -0.2) is 37.0 Å². The molecule has 0 bridgehead atoms. The number of carbonyl (C=O) groups is 1. The summed E-state index contributed by atoms with van der Waals surface area (Å²) in [5.41, 5.74) is 0.790. The zero-order valence-electron chi connectivity index (χ0n) is 11.4. The van der Waals surface area contributed by atoms with E-state index in [0.29, 0.717) is 6.61 Å². The van der Waals surface area contributed by atoms with Crippen molar-refractivity contribution in [2.45, 2.75) is 20.8 Å². The average Bonchev–Trinajstić information content (AvgIpc) is 2.36. The van der Waals surface area contributed by atoms with Gasteiger partial charge in [-0.3, -0.25) is 4.79 Å². The van der Waals surface area contributed by atoms with Gasteiger partial charge in [-0.2, -0.15) is 0 Å². The summed E-state index contributed by atoms with van der Waals surface area (Å²) in [7, 11) is 0. The van der Waals surface area contributed by atoms with E-state index in [2.05, 4.69) is 24.1 Å². The highest BCUT2D eigenvalue weighted by Crippen LogP contribution is 2.15. The SMILES string of the molecule is CCN(CC)CCOc1ccc(NC(C)=O)cc1. The van der Waals surface area contributed by atoms with Gasteiger partial charge in [0.15, 0.2) is 0 Å². The standard InChI is InChI=1S/C14H22N2O2/c1-4-16(5-2)10-11-18-14-8-6-13(7-9-14)15-12(3)17/h6-9H,4-5,10-11H2,1-3H3,(H,15,17). The molecule has 0 atom stereocenters. The van der Waals surface area contributed by atoms with E-state index in [0.717, 1.165) is 31.1 Å². The van der Waals surface area contributed by atoms with Gasteiger partial charge in [0, 0.05) is 19.2 Å². The lowest BCUT2D eigenvalue weighted by atomic mass is 10.3. The van der Waals surface area contributed by atoms with E-state index >= 15 is 0 Å². The lowest BCUT2D eigenvalue weighted by Crippen LogP contribution is -2.27. The first-order chi connectivity index (χ1) is 8.65. The molecule has 1 N–H and O–H groups in total. The molecule has 0 unspecified atom stereocenters. The van der Waals surface area contributed by atoms with E-state index in [9.17, 15) is 4.79 Å². The molecule has 18 heavy (non-hydrogen) atoms. The third kappa shape index (κ3) is 5.19. The van der Waals surface area contributed by atoms with E-state index < -0.39 is 0 Å². The second kappa shape index (κ2) is 7.71. The molecule has 0 aromatic heterocycles. The van der Waals surface area contributed by atoms with Gasteiger partial charge in [-0.25, -0.2) is 0 Å². The van der Waals surface area contributed by atoms with Gasteiger partial charge in [0.05, 0.1) is 0 Å². The topological polar surface area (TPSA) is 41.6 Å². The number of benzene rings is 1. The first-order valence-corrected chi connectivity index (χ1v) is 6.38. The summed E-state index contributed by atoms with van der Waals surface area (Å²) in [6, 6.07) is 7.42. The highest BCUT2D eigenvalue weighted by atomic mass is 16.5. The van der Waals surface area contributed by atoms with Crippen LogP contribution in [0, 0.1) is 0 Å². The molecule has 1 aromatic rings. The van der Waals surface area contributed by atoms with Crippen LogP contribution in [0.25, 0.3) is 0 Å². The third-order valence-corrected chi connectivity index (χ3v) is 2.75. The first kappa shape index (κ1) is 14.5. The van der Waals surface area contributed by atoms with Gasteiger partial charge >= 0.3 is 0 Å². The number of rotatable bonds is 7. The molecule has 0 saturated heterocycles. The number of hydrogen-bond donors (Lipinski definition) is 1. The van der Waals surface area contributed by atoms with Crippen LogP contribution in [0.2, 0.25) is 0 Å². The molecular weight excluding hydrogens is 228 g/mol. The molecule has 0 saturated carbocycles. The predicted molar refractivity (Wildman–Crippen MR) is 74.0 cm³/mol. The number of nitrogens with one attached hydrogen (secondary N) is 1. The number of likely N-dealkylation sites (N-methyl/N-ethyl adjacent to an activating group) is 1. The summed E-state index contributed by atoms with van der Waals surface area (Å²) in [6.07, 6.45) is 0. The van der Waals surface area contributed by atoms with E-state index in [1.54, 1.807) is 0 Å². The Kier molecular flexibility index (Phi) is 6.22. The van der Waals surface area contributed by atoms with Crippen LogP contribution >= 0.6 is 0 Å². The quantitative estimate of drug-likeness (QED) is 0.807. The molecule has 0 aliphatic heterocycles. The smallest absolute Gasteiger partial charge is 0.221 e. The minimum atomic E-state index is -0.0646. The van der Waals surface area contributed by atoms with Crippen LogP contribution in [0.5, 0.6) is 5.75 Å². The highest BCUT2D eigenvalue weighted by Gasteiger charge is 2.00. The number of amides is 1. The Labute approximate surface area is 109 Å². The Balaban J connectivity index is 2.37. The van der Waals surface area contributed by atoms with Gasteiger partial charge < -0.3 is 15.0 Å². The zero-order valence-corrected chi connectivity index (χ0v) is 11.4. The molecule has 1 amide bonds. The molecule has 0 spiro atoms. The Morgan fingerprint density at radius 3 is 2.33 bits per heavy atom. The maximum absolute atomic E-state index is 10.9. The van der Waals surface area contributed by atoms with Crippen molar-refractivity contribution >= 4 is 11.6 Å². The number of nitrogens with zero attached hydrogens (tertiary/aromatic N) is 1. The highest BCUT2D eigenvalue weighted by molar-refractivity contribution is 5.88. The number of carbonyl (C=O) groups excluding carboxylic acids is 1. The Hall–Kier alpha value is -1.55. The van der Waals surface area contributed by atoms with E-state index in [4.69, 9.17) is 4.74 Å². The molecule has 4 heteroatoms. The fourth-order valence-corrected chi connectivity index (χ4v) is 1.67. The number of ether oxygens (including phenoxy) is 1. The Morgan fingerprint density at radius 1 is 1.22 bits per heavy atom.